The molecular formula is C11H19N3S. The van der Waals surface area contributed by atoms with Crippen LogP contribution in [0.5, 0.6) is 0 Å². The first kappa shape index (κ1) is 11.0. The minimum Gasteiger partial charge on any atom is -0.324 e. The van der Waals surface area contributed by atoms with Gasteiger partial charge in [0.15, 0.2) is 0 Å². The van der Waals surface area contributed by atoms with Crippen LogP contribution in [0.2, 0.25) is 0 Å². The molecule has 15 heavy (non-hydrogen) atoms. The number of hydrogen-bond donors (Lipinski definition) is 1. The fourth-order valence-electron chi connectivity index (χ4n) is 2.29. The van der Waals surface area contributed by atoms with Gasteiger partial charge in [-0.3, -0.25) is 4.68 Å². The molecular weight excluding hydrogens is 206 g/mol. The molecule has 1 aromatic rings. The molecule has 1 unspecified atom stereocenters. The van der Waals surface area contributed by atoms with Crippen LogP contribution in [0.3, 0.4) is 0 Å². The molecule has 0 aliphatic carbocycles. The van der Waals surface area contributed by atoms with E-state index >= 15 is 0 Å². The lowest BCUT2D eigenvalue weighted by atomic mass is 9.93. The second kappa shape index (κ2) is 4.58. The minimum absolute atomic E-state index is 0.100. The lowest BCUT2D eigenvalue weighted by Gasteiger charge is -2.23. The van der Waals surface area contributed by atoms with Gasteiger partial charge in [-0.1, -0.05) is 0 Å². The van der Waals surface area contributed by atoms with Crippen LogP contribution in [0.15, 0.2) is 6.20 Å². The average Bonchev–Trinajstić information content (AvgIpc) is 2.61. The Morgan fingerprint density at radius 1 is 1.53 bits per heavy atom. The van der Waals surface area contributed by atoms with Gasteiger partial charge in [-0.2, -0.15) is 16.9 Å². The van der Waals surface area contributed by atoms with Crippen LogP contribution in [-0.2, 0) is 7.05 Å². The third-order valence-corrected chi connectivity index (χ3v) is 4.16. The van der Waals surface area contributed by atoms with Gasteiger partial charge in [0.2, 0.25) is 0 Å². The van der Waals surface area contributed by atoms with Gasteiger partial charge in [-0.15, -0.1) is 0 Å². The number of aryl methyl sites for hydroxylation is 1. The van der Waals surface area contributed by atoms with Crippen molar-refractivity contribution in [3.63, 3.8) is 0 Å². The van der Waals surface area contributed by atoms with Gasteiger partial charge in [-0.25, -0.2) is 0 Å². The van der Waals surface area contributed by atoms with Crippen molar-refractivity contribution in [3.8, 4) is 0 Å². The standard InChI is InChI=1S/C11H19N3S/c1-8(12)10-7-13-14(2)11(10)9-3-5-15-6-4-9/h7-9H,3-6,12H2,1-2H3. The lowest BCUT2D eigenvalue weighted by Crippen LogP contribution is -2.16. The third-order valence-electron chi connectivity index (χ3n) is 3.11. The predicted octanol–water partition coefficient (Wildman–Crippen LogP) is 2.05. The van der Waals surface area contributed by atoms with Crippen LogP contribution in [0.25, 0.3) is 0 Å². The maximum atomic E-state index is 5.98. The van der Waals surface area contributed by atoms with E-state index < -0.39 is 0 Å². The number of nitrogens with two attached hydrogens (primary N) is 1. The van der Waals surface area contributed by atoms with Gasteiger partial charge in [0, 0.05) is 30.3 Å². The lowest BCUT2D eigenvalue weighted by molar-refractivity contribution is 0.560. The van der Waals surface area contributed by atoms with Crippen LogP contribution < -0.4 is 5.73 Å². The van der Waals surface area contributed by atoms with Crippen LogP contribution in [-0.4, -0.2) is 21.3 Å². The first-order chi connectivity index (χ1) is 7.20. The molecule has 0 amide bonds. The first-order valence-electron chi connectivity index (χ1n) is 5.55. The summed E-state index contributed by atoms with van der Waals surface area (Å²) in [5, 5.41) is 4.34. The van der Waals surface area contributed by atoms with E-state index in [4.69, 9.17) is 5.73 Å². The Morgan fingerprint density at radius 3 is 2.80 bits per heavy atom. The highest BCUT2D eigenvalue weighted by Crippen LogP contribution is 2.34. The van der Waals surface area contributed by atoms with Crippen LogP contribution in [0.1, 0.15) is 43.0 Å². The summed E-state index contributed by atoms with van der Waals surface area (Å²) < 4.78 is 2.01. The zero-order valence-corrected chi connectivity index (χ0v) is 10.3. The third kappa shape index (κ3) is 2.21. The number of hydrogen-bond acceptors (Lipinski definition) is 3. The molecule has 1 atom stereocenters. The molecule has 2 N–H and O–H groups in total. The van der Waals surface area contributed by atoms with Crippen molar-refractivity contribution in [2.45, 2.75) is 31.7 Å². The van der Waals surface area contributed by atoms with Crippen molar-refractivity contribution >= 4 is 11.8 Å². The molecule has 1 fully saturated rings. The van der Waals surface area contributed by atoms with E-state index in [1.54, 1.807) is 0 Å². The van der Waals surface area contributed by atoms with E-state index in [1.165, 1.54) is 35.6 Å². The summed E-state index contributed by atoms with van der Waals surface area (Å²) in [7, 11) is 2.03. The number of thioether (sulfide) groups is 1. The second-order valence-corrected chi connectivity index (χ2v) is 5.51. The molecule has 84 valence electrons. The Hall–Kier alpha value is -0.480. The summed E-state index contributed by atoms with van der Waals surface area (Å²) in [6.07, 6.45) is 4.47. The Bertz CT molecular complexity index is 327. The fourth-order valence-corrected chi connectivity index (χ4v) is 3.39. The minimum atomic E-state index is 0.100. The van der Waals surface area contributed by atoms with Crippen LogP contribution >= 0.6 is 11.8 Å². The topological polar surface area (TPSA) is 43.8 Å². The summed E-state index contributed by atoms with van der Waals surface area (Å²) >= 11 is 2.06. The second-order valence-electron chi connectivity index (χ2n) is 4.28. The van der Waals surface area contributed by atoms with E-state index in [2.05, 4.69) is 16.9 Å². The molecule has 4 heteroatoms. The summed E-state index contributed by atoms with van der Waals surface area (Å²) in [5.74, 6) is 3.21. The molecule has 0 bridgehead atoms. The molecule has 0 spiro atoms. The van der Waals surface area contributed by atoms with Crippen molar-refractivity contribution in [2.24, 2.45) is 12.8 Å². The first-order valence-corrected chi connectivity index (χ1v) is 6.70. The van der Waals surface area contributed by atoms with Gasteiger partial charge < -0.3 is 5.73 Å². The molecule has 3 nitrogen and oxygen atoms in total. The highest BCUT2D eigenvalue weighted by Gasteiger charge is 2.23. The Morgan fingerprint density at radius 2 is 2.20 bits per heavy atom. The van der Waals surface area contributed by atoms with E-state index in [-0.39, 0.29) is 6.04 Å². The Balaban J connectivity index is 2.28. The van der Waals surface area contributed by atoms with Gasteiger partial charge in [0.1, 0.15) is 0 Å². The van der Waals surface area contributed by atoms with Crippen molar-refractivity contribution in [1.29, 1.82) is 0 Å². The molecule has 1 aliphatic heterocycles. The van der Waals surface area contributed by atoms with Crippen LogP contribution in [0.4, 0.5) is 0 Å². The SMILES string of the molecule is CC(N)c1cnn(C)c1C1CCSCC1. The van der Waals surface area contributed by atoms with Crippen molar-refractivity contribution < 1.29 is 0 Å². The molecule has 0 aromatic carbocycles. The van der Waals surface area contributed by atoms with Gasteiger partial charge in [-0.05, 0) is 31.3 Å². The monoisotopic (exact) mass is 225 g/mol. The van der Waals surface area contributed by atoms with Crippen LogP contribution in [0, 0.1) is 0 Å². The molecule has 2 heterocycles. The summed E-state index contributed by atoms with van der Waals surface area (Å²) in [6.45, 7) is 2.04. The van der Waals surface area contributed by atoms with Gasteiger partial charge in [0.05, 0.1) is 6.20 Å². The molecule has 0 saturated carbocycles. The van der Waals surface area contributed by atoms with E-state index in [0.717, 1.165) is 0 Å². The van der Waals surface area contributed by atoms with E-state index in [1.807, 2.05) is 24.9 Å². The molecule has 1 aliphatic rings. The quantitative estimate of drug-likeness (QED) is 0.837. The zero-order valence-electron chi connectivity index (χ0n) is 9.44. The maximum Gasteiger partial charge on any atom is 0.0540 e. The van der Waals surface area contributed by atoms with Crippen molar-refractivity contribution in [1.82, 2.24) is 9.78 Å². The van der Waals surface area contributed by atoms with Crippen molar-refractivity contribution in [3.05, 3.63) is 17.5 Å². The highest BCUT2D eigenvalue weighted by molar-refractivity contribution is 7.99. The summed E-state index contributed by atoms with van der Waals surface area (Å²) in [5.41, 5.74) is 8.57. The van der Waals surface area contributed by atoms with E-state index in [9.17, 15) is 0 Å². The molecule has 1 aromatic heterocycles. The van der Waals surface area contributed by atoms with Gasteiger partial charge >= 0.3 is 0 Å². The summed E-state index contributed by atoms with van der Waals surface area (Å²) in [6, 6.07) is 0.100. The molecule has 0 radical (unpaired) electrons. The van der Waals surface area contributed by atoms with Crippen molar-refractivity contribution in [2.75, 3.05) is 11.5 Å². The predicted molar refractivity (Wildman–Crippen MR) is 65.1 cm³/mol. The largest absolute Gasteiger partial charge is 0.324 e. The molecule has 1 saturated heterocycles. The average molecular weight is 225 g/mol. The zero-order chi connectivity index (χ0) is 10.8. The van der Waals surface area contributed by atoms with Gasteiger partial charge in [0.25, 0.3) is 0 Å². The molecule has 2 rings (SSSR count). The smallest absolute Gasteiger partial charge is 0.0540 e. The normalized spacial score (nSPS) is 20.5. The number of rotatable bonds is 2. The van der Waals surface area contributed by atoms with E-state index in [0.29, 0.717) is 5.92 Å². The fraction of sp³-hybridized carbons (Fsp3) is 0.727. The summed E-state index contributed by atoms with van der Waals surface area (Å²) in [4.78, 5) is 0. The highest BCUT2D eigenvalue weighted by atomic mass is 32.2. The number of nitrogens with zero attached hydrogens (tertiary/aromatic N) is 2. The Labute approximate surface area is 95.4 Å². The number of aromatic nitrogens is 2. The Kier molecular flexibility index (Phi) is 3.36. The maximum absolute atomic E-state index is 5.98.